The standard InChI is InChI=1S/C12H23N3O2.2ClH/c1-17-11(8-13)12(16)15-7-6-14-5-3-2-4-10(14)9-15;;/h10-11H,2-9,13H2,1H3;2*1H. The van der Waals surface area contributed by atoms with E-state index in [4.69, 9.17) is 10.5 Å². The van der Waals surface area contributed by atoms with E-state index in [0.717, 1.165) is 19.6 Å². The number of carbonyl (C=O) groups is 1. The molecule has 2 rings (SSSR count). The number of methoxy groups -OCH3 is 1. The molecule has 2 unspecified atom stereocenters. The summed E-state index contributed by atoms with van der Waals surface area (Å²) >= 11 is 0. The van der Waals surface area contributed by atoms with Crippen molar-refractivity contribution in [2.45, 2.75) is 31.4 Å². The third-order valence-electron chi connectivity index (χ3n) is 3.92. The minimum atomic E-state index is -0.467. The molecule has 0 radical (unpaired) electrons. The fourth-order valence-corrected chi connectivity index (χ4v) is 2.86. The number of fused-ring (bicyclic) bond motifs is 1. The van der Waals surface area contributed by atoms with Gasteiger partial charge in [-0.05, 0) is 19.4 Å². The van der Waals surface area contributed by atoms with Gasteiger partial charge in [-0.2, -0.15) is 0 Å². The Morgan fingerprint density at radius 2 is 2.05 bits per heavy atom. The molecule has 0 aliphatic carbocycles. The van der Waals surface area contributed by atoms with E-state index in [9.17, 15) is 4.79 Å². The van der Waals surface area contributed by atoms with Crippen LogP contribution in [0.3, 0.4) is 0 Å². The molecule has 0 aromatic heterocycles. The van der Waals surface area contributed by atoms with Gasteiger partial charge in [-0.3, -0.25) is 9.69 Å². The van der Waals surface area contributed by atoms with Crippen molar-refractivity contribution in [1.82, 2.24) is 9.80 Å². The van der Waals surface area contributed by atoms with Crippen LogP contribution in [0.2, 0.25) is 0 Å². The van der Waals surface area contributed by atoms with Gasteiger partial charge in [-0.15, -0.1) is 24.8 Å². The molecule has 0 spiro atoms. The lowest BCUT2D eigenvalue weighted by Crippen LogP contribution is -2.58. The predicted molar refractivity (Wildman–Crippen MR) is 80.1 cm³/mol. The minimum absolute atomic E-state index is 0. The van der Waals surface area contributed by atoms with E-state index in [2.05, 4.69) is 4.90 Å². The maximum Gasteiger partial charge on any atom is 0.253 e. The maximum absolute atomic E-state index is 12.1. The number of hydrogen-bond donors (Lipinski definition) is 1. The van der Waals surface area contributed by atoms with Gasteiger partial charge < -0.3 is 15.4 Å². The smallest absolute Gasteiger partial charge is 0.253 e. The topological polar surface area (TPSA) is 58.8 Å². The highest BCUT2D eigenvalue weighted by atomic mass is 35.5. The second-order valence-electron chi connectivity index (χ2n) is 4.93. The highest BCUT2D eigenvalue weighted by Gasteiger charge is 2.33. The number of nitrogens with two attached hydrogens (primary N) is 1. The zero-order valence-corrected chi connectivity index (χ0v) is 13.0. The van der Waals surface area contributed by atoms with Crippen molar-refractivity contribution in [3.05, 3.63) is 0 Å². The molecular formula is C12H25Cl2N3O2. The van der Waals surface area contributed by atoms with E-state index in [1.807, 2.05) is 4.90 Å². The van der Waals surface area contributed by atoms with Crippen molar-refractivity contribution in [3.8, 4) is 0 Å². The van der Waals surface area contributed by atoms with Crippen LogP contribution in [0.5, 0.6) is 0 Å². The summed E-state index contributed by atoms with van der Waals surface area (Å²) in [7, 11) is 1.55. The molecule has 0 aromatic rings. The third kappa shape index (κ3) is 4.46. The molecular weight excluding hydrogens is 289 g/mol. The van der Waals surface area contributed by atoms with Crippen LogP contribution in [0.15, 0.2) is 0 Å². The number of amides is 1. The summed E-state index contributed by atoms with van der Waals surface area (Å²) in [5, 5.41) is 0. The lowest BCUT2D eigenvalue weighted by atomic mass is 9.99. The highest BCUT2D eigenvalue weighted by molar-refractivity contribution is 5.85. The van der Waals surface area contributed by atoms with Gasteiger partial charge >= 0.3 is 0 Å². The van der Waals surface area contributed by atoms with Crippen LogP contribution >= 0.6 is 24.8 Å². The number of piperazine rings is 1. The third-order valence-corrected chi connectivity index (χ3v) is 3.92. The first-order valence-corrected chi connectivity index (χ1v) is 6.52. The van der Waals surface area contributed by atoms with E-state index >= 15 is 0 Å². The first-order valence-electron chi connectivity index (χ1n) is 6.52. The molecule has 0 saturated carbocycles. The second kappa shape index (κ2) is 8.97. The summed E-state index contributed by atoms with van der Waals surface area (Å²) < 4.78 is 5.12. The molecule has 2 aliphatic heterocycles. The van der Waals surface area contributed by atoms with Crippen molar-refractivity contribution in [2.75, 3.05) is 39.8 Å². The van der Waals surface area contributed by atoms with Gasteiger partial charge in [0.15, 0.2) is 0 Å². The highest BCUT2D eigenvalue weighted by Crippen LogP contribution is 2.21. The number of ether oxygens (including phenoxy) is 1. The Hall–Kier alpha value is -0.0700. The molecule has 2 heterocycles. The Labute approximate surface area is 127 Å². The average molecular weight is 314 g/mol. The number of piperidine rings is 1. The van der Waals surface area contributed by atoms with Gasteiger partial charge in [0.1, 0.15) is 6.10 Å². The van der Waals surface area contributed by atoms with Crippen molar-refractivity contribution in [1.29, 1.82) is 0 Å². The molecule has 2 fully saturated rings. The van der Waals surface area contributed by atoms with Crippen LogP contribution in [0.1, 0.15) is 19.3 Å². The summed E-state index contributed by atoms with van der Waals surface area (Å²) in [4.78, 5) is 16.6. The van der Waals surface area contributed by atoms with Crippen LogP contribution in [-0.4, -0.2) is 67.7 Å². The summed E-state index contributed by atoms with van der Waals surface area (Å²) in [5.41, 5.74) is 5.54. The van der Waals surface area contributed by atoms with Crippen molar-refractivity contribution >= 4 is 30.7 Å². The largest absolute Gasteiger partial charge is 0.370 e. The van der Waals surface area contributed by atoms with Gasteiger partial charge in [0, 0.05) is 39.3 Å². The monoisotopic (exact) mass is 313 g/mol. The number of hydrogen-bond acceptors (Lipinski definition) is 4. The van der Waals surface area contributed by atoms with Crippen LogP contribution in [0.4, 0.5) is 0 Å². The Morgan fingerprint density at radius 1 is 1.32 bits per heavy atom. The predicted octanol–water partition coefficient (Wildman–Crippen LogP) is 0.500. The lowest BCUT2D eigenvalue weighted by Gasteiger charge is -2.44. The van der Waals surface area contributed by atoms with E-state index in [1.165, 1.54) is 25.8 Å². The summed E-state index contributed by atoms with van der Waals surface area (Å²) in [6.07, 6.45) is 3.33. The summed E-state index contributed by atoms with van der Waals surface area (Å²) in [6, 6.07) is 0.553. The fraction of sp³-hybridized carbons (Fsp3) is 0.917. The van der Waals surface area contributed by atoms with Crippen molar-refractivity contribution in [2.24, 2.45) is 5.73 Å². The quantitative estimate of drug-likeness (QED) is 0.824. The number of halogens is 2. The van der Waals surface area contributed by atoms with Crippen LogP contribution in [0.25, 0.3) is 0 Å². The number of carbonyl (C=O) groups excluding carboxylic acids is 1. The molecule has 19 heavy (non-hydrogen) atoms. The SMILES string of the molecule is COC(CN)C(=O)N1CCN2CCCCC2C1.Cl.Cl. The maximum atomic E-state index is 12.1. The van der Waals surface area contributed by atoms with Crippen LogP contribution in [0, 0.1) is 0 Å². The van der Waals surface area contributed by atoms with Crippen molar-refractivity contribution in [3.63, 3.8) is 0 Å². The second-order valence-corrected chi connectivity index (χ2v) is 4.93. The molecule has 1 amide bonds. The van der Waals surface area contributed by atoms with E-state index in [1.54, 1.807) is 7.11 Å². The van der Waals surface area contributed by atoms with Crippen molar-refractivity contribution < 1.29 is 9.53 Å². The average Bonchev–Trinajstić information content (AvgIpc) is 2.39. The molecule has 2 aliphatic rings. The number of rotatable bonds is 3. The molecule has 114 valence electrons. The Balaban J connectivity index is 0.00000162. The summed E-state index contributed by atoms with van der Waals surface area (Å²) in [5.74, 6) is 0.0558. The Morgan fingerprint density at radius 3 is 2.68 bits per heavy atom. The van der Waals surface area contributed by atoms with Gasteiger partial charge in [-0.1, -0.05) is 6.42 Å². The first kappa shape index (κ1) is 18.9. The van der Waals surface area contributed by atoms with E-state index in [-0.39, 0.29) is 37.3 Å². The molecule has 5 nitrogen and oxygen atoms in total. The Bertz CT molecular complexity index is 278. The first-order chi connectivity index (χ1) is 8.26. The summed E-state index contributed by atoms with van der Waals surface area (Å²) in [6.45, 7) is 4.11. The lowest BCUT2D eigenvalue weighted by molar-refractivity contribution is -0.144. The number of nitrogens with zero attached hydrogens (tertiary/aromatic N) is 2. The molecule has 0 aromatic carbocycles. The van der Waals surface area contributed by atoms with Gasteiger partial charge in [0.05, 0.1) is 0 Å². The molecule has 0 bridgehead atoms. The van der Waals surface area contributed by atoms with Gasteiger partial charge in [-0.25, -0.2) is 0 Å². The van der Waals surface area contributed by atoms with Crippen LogP contribution in [-0.2, 0) is 9.53 Å². The zero-order chi connectivity index (χ0) is 12.3. The Kier molecular flexibility index (Phi) is 8.94. The normalized spacial score (nSPS) is 24.7. The molecule has 2 atom stereocenters. The molecule has 2 N–H and O–H groups in total. The van der Waals surface area contributed by atoms with E-state index in [0.29, 0.717) is 6.04 Å². The molecule has 2 saturated heterocycles. The molecule has 7 heteroatoms. The minimum Gasteiger partial charge on any atom is -0.370 e. The van der Waals surface area contributed by atoms with E-state index < -0.39 is 6.10 Å². The van der Waals surface area contributed by atoms with Gasteiger partial charge in [0.2, 0.25) is 0 Å². The van der Waals surface area contributed by atoms with Gasteiger partial charge in [0.25, 0.3) is 5.91 Å². The fourth-order valence-electron chi connectivity index (χ4n) is 2.86. The van der Waals surface area contributed by atoms with Crippen LogP contribution < -0.4 is 5.73 Å². The zero-order valence-electron chi connectivity index (χ0n) is 11.4.